The largest absolute Gasteiger partial charge is 0.488 e. The lowest BCUT2D eigenvalue weighted by molar-refractivity contribution is 0.0307. The average molecular weight is 583 g/mol. The number of nitrogens with zero attached hydrogens (tertiary/aromatic N) is 2. The number of imidazole rings is 1. The normalized spacial score (nSPS) is 17.7. The molecule has 4 rings (SSSR count). The van der Waals surface area contributed by atoms with Gasteiger partial charge in [-0.15, -0.1) is 0 Å². The van der Waals surface area contributed by atoms with Crippen molar-refractivity contribution in [1.82, 2.24) is 9.13 Å². The molecule has 1 aliphatic rings. The number of fused-ring (bicyclic) bond motifs is 1. The smallest absolute Gasteiger partial charge is 0.334 e. The van der Waals surface area contributed by atoms with Gasteiger partial charge in [-0.3, -0.25) is 13.9 Å². The summed E-state index contributed by atoms with van der Waals surface area (Å²) in [5, 5.41) is 10.7. The Morgan fingerprint density at radius 1 is 1.12 bits per heavy atom. The molecule has 1 aliphatic heterocycles. The number of ketones is 1. The molecule has 2 aromatic carbocycles. The molecule has 3 aromatic rings. The van der Waals surface area contributed by atoms with Gasteiger partial charge < -0.3 is 9.84 Å². The van der Waals surface area contributed by atoms with Crippen molar-refractivity contribution in [2.45, 2.75) is 65.0 Å². The molecule has 0 aliphatic carbocycles. The molecular formula is C28H33F3N2O6S. The number of hydrogen-bond acceptors (Lipinski definition) is 6. The van der Waals surface area contributed by atoms with E-state index in [9.17, 15) is 31.9 Å². The number of aromatic nitrogens is 2. The summed E-state index contributed by atoms with van der Waals surface area (Å²) < 4.78 is 71.5. The minimum atomic E-state index is -3.11. The number of benzene rings is 2. The van der Waals surface area contributed by atoms with Crippen LogP contribution in [0, 0.1) is 11.2 Å². The zero-order valence-corrected chi connectivity index (χ0v) is 23.6. The third-order valence-corrected chi connectivity index (χ3v) is 9.41. The number of alkyl halides is 2. The summed E-state index contributed by atoms with van der Waals surface area (Å²) in [6, 6.07) is 7.04. The fourth-order valence-corrected chi connectivity index (χ4v) is 6.74. The minimum Gasteiger partial charge on any atom is -0.488 e. The predicted octanol–water partition coefficient (Wildman–Crippen LogP) is 4.69. The lowest BCUT2D eigenvalue weighted by atomic mass is 9.78. The Balaban J connectivity index is 1.82. The van der Waals surface area contributed by atoms with Crippen LogP contribution in [0.25, 0.3) is 16.7 Å². The first-order chi connectivity index (χ1) is 18.5. The molecule has 1 atom stereocenters. The Labute approximate surface area is 230 Å². The molecule has 40 heavy (non-hydrogen) atoms. The van der Waals surface area contributed by atoms with E-state index in [2.05, 4.69) is 0 Å². The maximum atomic E-state index is 15.1. The van der Waals surface area contributed by atoms with Gasteiger partial charge in [-0.1, -0.05) is 6.92 Å². The van der Waals surface area contributed by atoms with Gasteiger partial charge in [0, 0.05) is 18.1 Å². The first-order valence-electron chi connectivity index (χ1n) is 13.0. The second kappa shape index (κ2) is 10.7. The van der Waals surface area contributed by atoms with Crippen molar-refractivity contribution >= 4 is 26.7 Å². The van der Waals surface area contributed by atoms with Gasteiger partial charge in [-0.25, -0.2) is 26.4 Å². The molecule has 218 valence electrons. The Hall–Kier alpha value is -3.12. The van der Waals surface area contributed by atoms with Crippen LogP contribution in [0.4, 0.5) is 13.2 Å². The van der Waals surface area contributed by atoms with Crippen molar-refractivity contribution in [2.75, 3.05) is 18.1 Å². The maximum Gasteiger partial charge on any atom is 0.334 e. The minimum absolute atomic E-state index is 0.0208. The van der Waals surface area contributed by atoms with Crippen LogP contribution in [-0.2, 0) is 9.84 Å². The molecular weight excluding hydrogens is 549 g/mol. The first kappa shape index (κ1) is 29.9. The van der Waals surface area contributed by atoms with Gasteiger partial charge in [0.2, 0.25) is 0 Å². The molecule has 8 nitrogen and oxygen atoms in total. The van der Waals surface area contributed by atoms with Crippen molar-refractivity contribution in [3.8, 4) is 11.4 Å². The Morgan fingerprint density at radius 2 is 1.77 bits per heavy atom. The van der Waals surface area contributed by atoms with Crippen molar-refractivity contribution in [2.24, 2.45) is 5.41 Å². The Morgan fingerprint density at radius 3 is 2.38 bits per heavy atom. The van der Waals surface area contributed by atoms with Gasteiger partial charge in [0.05, 0.1) is 39.9 Å². The number of rotatable bonds is 9. The zero-order valence-electron chi connectivity index (χ0n) is 22.8. The maximum absolute atomic E-state index is 15.1. The van der Waals surface area contributed by atoms with Crippen LogP contribution in [0.2, 0.25) is 0 Å². The van der Waals surface area contributed by atoms with Crippen LogP contribution < -0.4 is 10.4 Å². The third kappa shape index (κ3) is 6.12. The van der Waals surface area contributed by atoms with Gasteiger partial charge >= 0.3 is 5.69 Å². The van der Waals surface area contributed by atoms with Crippen LogP contribution >= 0.6 is 0 Å². The van der Waals surface area contributed by atoms with E-state index < -0.39 is 51.4 Å². The van der Waals surface area contributed by atoms with Crippen LogP contribution in [0.3, 0.4) is 0 Å². The summed E-state index contributed by atoms with van der Waals surface area (Å²) in [5.74, 6) is -1.06. The van der Waals surface area contributed by atoms with Crippen molar-refractivity contribution in [3.05, 3.63) is 58.3 Å². The van der Waals surface area contributed by atoms with Crippen molar-refractivity contribution < 1.29 is 36.2 Å². The highest BCUT2D eigenvalue weighted by molar-refractivity contribution is 7.91. The summed E-state index contributed by atoms with van der Waals surface area (Å²) in [6.07, 6.45) is -1.91. The van der Waals surface area contributed by atoms with Gasteiger partial charge in [-0.2, -0.15) is 0 Å². The van der Waals surface area contributed by atoms with E-state index in [1.165, 1.54) is 42.7 Å². The summed E-state index contributed by atoms with van der Waals surface area (Å²) in [6.45, 7) is 5.61. The number of sulfone groups is 1. The van der Waals surface area contributed by atoms with E-state index in [1.54, 1.807) is 6.92 Å². The van der Waals surface area contributed by atoms with E-state index in [1.807, 2.05) is 6.92 Å². The van der Waals surface area contributed by atoms with E-state index in [0.29, 0.717) is 12.8 Å². The summed E-state index contributed by atoms with van der Waals surface area (Å²) in [5.41, 5.74) is -2.04. The number of halogens is 3. The Bertz CT molecular complexity index is 1590. The van der Waals surface area contributed by atoms with Gasteiger partial charge in [0.15, 0.2) is 5.78 Å². The number of carbonyl (C=O) groups excluding carboxylic acids is 1. The topological polar surface area (TPSA) is 108 Å². The molecule has 1 unspecified atom stereocenters. The summed E-state index contributed by atoms with van der Waals surface area (Å²) in [4.78, 5) is 27.1. The van der Waals surface area contributed by atoms with Crippen molar-refractivity contribution in [1.29, 1.82) is 0 Å². The molecule has 0 radical (unpaired) electrons. The van der Waals surface area contributed by atoms with Gasteiger partial charge in [0.25, 0.3) is 6.43 Å². The second-order valence-corrected chi connectivity index (χ2v) is 13.7. The zero-order chi connectivity index (χ0) is 29.6. The quantitative estimate of drug-likeness (QED) is 0.367. The molecule has 0 spiro atoms. The van der Waals surface area contributed by atoms with Gasteiger partial charge in [0.1, 0.15) is 28.0 Å². The number of ether oxygens (including phenoxy) is 1. The van der Waals surface area contributed by atoms with E-state index in [0.717, 1.165) is 16.7 Å². The van der Waals surface area contributed by atoms with E-state index in [-0.39, 0.29) is 51.7 Å². The monoisotopic (exact) mass is 582 g/mol. The fourth-order valence-electron chi connectivity index (χ4n) is 4.93. The van der Waals surface area contributed by atoms with Crippen LogP contribution in [0.1, 0.15) is 63.4 Å². The highest BCUT2D eigenvalue weighted by Crippen LogP contribution is 2.37. The lowest BCUT2D eigenvalue weighted by Crippen LogP contribution is -2.37. The van der Waals surface area contributed by atoms with Gasteiger partial charge in [-0.05, 0) is 69.4 Å². The molecule has 2 heterocycles. The molecule has 1 fully saturated rings. The standard InChI is InChI=1S/C28H33F3N2O6S/c1-17(27(2,3)36)32-23-13-18(24(34)15-28(4)9-11-40(37,38)12-10-28)5-8-21(23)33(26(32)35)22-14-19(6-7-20(22)29)39-16-25(30)31/h5-8,13-14,17,25,36H,9-12,15-16H2,1-4H3. The van der Waals surface area contributed by atoms with Crippen LogP contribution in [-0.4, -0.2) is 58.6 Å². The SMILES string of the molecule is CC(n1c(=O)n(-c2cc(OCC(F)F)ccc2F)c2ccc(C(=O)CC3(C)CCS(=O)(=O)CC3)cc21)C(C)(C)O. The highest BCUT2D eigenvalue weighted by atomic mass is 32.2. The second-order valence-electron chi connectivity index (χ2n) is 11.4. The number of hydrogen-bond donors (Lipinski definition) is 1. The first-order valence-corrected chi connectivity index (χ1v) is 14.8. The average Bonchev–Trinajstić information content (AvgIpc) is 3.15. The van der Waals surface area contributed by atoms with Crippen LogP contribution in [0.15, 0.2) is 41.2 Å². The van der Waals surface area contributed by atoms with Crippen LogP contribution in [0.5, 0.6) is 5.75 Å². The highest BCUT2D eigenvalue weighted by Gasteiger charge is 2.36. The Kier molecular flexibility index (Phi) is 7.98. The summed E-state index contributed by atoms with van der Waals surface area (Å²) >= 11 is 0. The third-order valence-electron chi connectivity index (χ3n) is 7.76. The molecule has 0 amide bonds. The number of Topliss-reactive ketones (excluding diaryl/α,β-unsaturated/α-hetero) is 1. The van der Waals surface area contributed by atoms with E-state index in [4.69, 9.17) is 4.74 Å². The fraction of sp³-hybridized carbons (Fsp3) is 0.500. The predicted molar refractivity (Wildman–Crippen MR) is 145 cm³/mol. The summed E-state index contributed by atoms with van der Waals surface area (Å²) in [7, 11) is -3.11. The number of aliphatic hydroxyl groups is 1. The molecule has 0 saturated carbocycles. The molecule has 1 aromatic heterocycles. The number of carbonyl (C=O) groups is 1. The molecule has 0 bridgehead atoms. The van der Waals surface area contributed by atoms with Crippen molar-refractivity contribution in [3.63, 3.8) is 0 Å². The molecule has 1 N–H and O–H groups in total. The molecule has 12 heteroatoms. The lowest BCUT2D eigenvalue weighted by Gasteiger charge is -2.32. The van der Waals surface area contributed by atoms with E-state index >= 15 is 4.39 Å². The molecule has 1 saturated heterocycles.